The number of nitrogens with zero attached hydrogens (tertiary/aromatic N) is 2. The molecule has 0 aromatic heterocycles. The summed E-state index contributed by atoms with van der Waals surface area (Å²) >= 11 is 5.51. The van der Waals surface area contributed by atoms with Crippen LogP contribution in [0.25, 0.3) is 0 Å². The van der Waals surface area contributed by atoms with Crippen molar-refractivity contribution in [3.05, 3.63) is 29.8 Å². The van der Waals surface area contributed by atoms with Crippen molar-refractivity contribution in [3.63, 3.8) is 0 Å². The number of aliphatic imine (C=N–C) groups is 1. The van der Waals surface area contributed by atoms with Gasteiger partial charge in [-0.1, -0.05) is 12.1 Å². The Labute approximate surface area is 202 Å². The van der Waals surface area contributed by atoms with Crippen LogP contribution in [0.1, 0.15) is 31.2 Å². The number of rotatable bonds is 12. The number of hydrogen-bond donors (Lipinski definition) is 5. The van der Waals surface area contributed by atoms with Crippen LogP contribution in [0.15, 0.2) is 29.3 Å². The fourth-order valence-electron chi connectivity index (χ4n) is 3.79. The van der Waals surface area contributed by atoms with Crippen LogP contribution in [0.2, 0.25) is 0 Å². The van der Waals surface area contributed by atoms with Gasteiger partial charge in [-0.05, 0) is 49.8 Å². The Morgan fingerprint density at radius 2 is 1.88 bits per heavy atom. The molecule has 0 saturated carbocycles. The van der Waals surface area contributed by atoms with Crippen LogP contribution in [0.5, 0.6) is 5.75 Å². The van der Waals surface area contributed by atoms with E-state index in [1.54, 1.807) is 12.1 Å². The number of phenolic OH excluding ortho intramolecular Hbond substituents is 1. The summed E-state index contributed by atoms with van der Waals surface area (Å²) in [7, 11) is 0. The Hall–Kier alpha value is -3.18. The fraction of sp³-hybridized carbons (Fsp3) is 0.500. The third kappa shape index (κ3) is 7.70. The number of nitrogens with one attached hydrogen (secondary N) is 1. The molecule has 0 bridgehead atoms. The Bertz CT molecular complexity index is 919. The average molecular weight is 495 g/mol. The van der Waals surface area contributed by atoms with E-state index < -0.39 is 47.4 Å². The van der Waals surface area contributed by atoms with Crippen LogP contribution >= 0.6 is 11.6 Å². The van der Waals surface area contributed by atoms with E-state index in [4.69, 9.17) is 28.8 Å². The van der Waals surface area contributed by atoms with Gasteiger partial charge in [-0.2, -0.15) is 0 Å². The molecule has 1 heterocycles. The molecule has 0 aliphatic carbocycles. The average Bonchev–Trinajstić information content (AvgIpc) is 3.30. The van der Waals surface area contributed by atoms with Crippen LogP contribution < -0.4 is 22.5 Å². The Kier molecular flexibility index (Phi) is 10.3. The van der Waals surface area contributed by atoms with Crippen LogP contribution in [-0.4, -0.2) is 76.4 Å². The summed E-state index contributed by atoms with van der Waals surface area (Å²) in [6.07, 6.45) is 1.71. The first-order valence-electron chi connectivity index (χ1n) is 11.0. The number of alkyl halides is 1. The molecule has 186 valence electrons. The van der Waals surface area contributed by atoms with Gasteiger partial charge in [0.2, 0.25) is 23.4 Å². The van der Waals surface area contributed by atoms with Gasteiger partial charge in [-0.25, -0.2) is 0 Å². The molecule has 3 unspecified atom stereocenters. The van der Waals surface area contributed by atoms with Crippen LogP contribution in [0.3, 0.4) is 0 Å². The quantitative estimate of drug-likeness (QED) is 0.0815. The molecule has 1 aliphatic rings. The maximum absolute atomic E-state index is 13.0. The largest absolute Gasteiger partial charge is 0.508 e. The lowest BCUT2D eigenvalue weighted by Crippen LogP contribution is -2.54. The molecule has 12 heteroatoms. The number of likely N-dealkylation sites (tertiary alicyclic amines) is 1. The van der Waals surface area contributed by atoms with Crippen molar-refractivity contribution in [3.8, 4) is 5.75 Å². The van der Waals surface area contributed by atoms with E-state index in [1.807, 2.05) is 0 Å². The molecule has 3 atom stereocenters. The fourth-order valence-corrected chi connectivity index (χ4v) is 3.92. The highest BCUT2D eigenvalue weighted by Crippen LogP contribution is 2.20. The van der Waals surface area contributed by atoms with E-state index in [0.717, 1.165) is 5.56 Å². The molecule has 2 rings (SSSR count). The summed E-state index contributed by atoms with van der Waals surface area (Å²) in [5.74, 6) is -3.05. The van der Waals surface area contributed by atoms with Gasteiger partial charge >= 0.3 is 0 Å². The number of carbonyl (C=O) groups is 4. The highest BCUT2D eigenvalue weighted by atomic mass is 35.5. The van der Waals surface area contributed by atoms with Gasteiger partial charge in [0, 0.05) is 13.1 Å². The molecule has 8 N–H and O–H groups in total. The standard InChI is InChI=1S/C22H31ClN6O5/c23-12-18(31)19(32)16(3-1-9-27-22(25)26)28-20(33)17-4-2-10-29(17)21(34)15(24)11-13-5-7-14(30)8-6-13/h5-8,15-17,30H,1-4,9-12,24H2,(H,28,33)(H4,25,26,27). The summed E-state index contributed by atoms with van der Waals surface area (Å²) < 4.78 is 0. The third-order valence-electron chi connectivity index (χ3n) is 5.52. The van der Waals surface area contributed by atoms with Crippen molar-refractivity contribution >= 4 is 40.9 Å². The lowest BCUT2D eigenvalue weighted by molar-refractivity contribution is -0.141. The first-order valence-corrected chi connectivity index (χ1v) is 11.5. The van der Waals surface area contributed by atoms with Crippen molar-refractivity contribution in [1.82, 2.24) is 10.2 Å². The molecule has 1 aromatic carbocycles. The van der Waals surface area contributed by atoms with Gasteiger partial charge in [0.25, 0.3) is 0 Å². The van der Waals surface area contributed by atoms with Crippen molar-refractivity contribution in [2.24, 2.45) is 22.2 Å². The van der Waals surface area contributed by atoms with Crippen molar-refractivity contribution in [1.29, 1.82) is 0 Å². The van der Waals surface area contributed by atoms with E-state index in [-0.39, 0.29) is 31.1 Å². The zero-order valence-electron chi connectivity index (χ0n) is 18.8. The molecule has 0 radical (unpaired) electrons. The first-order chi connectivity index (χ1) is 16.1. The van der Waals surface area contributed by atoms with E-state index >= 15 is 0 Å². The Morgan fingerprint density at radius 3 is 2.50 bits per heavy atom. The number of aromatic hydroxyl groups is 1. The topological polar surface area (TPSA) is 194 Å². The molecule has 1 fully saturated rings. The van der Waals surface area contributed by atoms with Gasteiger partial charge in [0.05, 0.1) is 18.0 Å². The molecule has 34 heavy (non-hydrogen) atoms. The van der Waals surface area contributed by atoms with Crippen molar-refractivity contribution in [2.75, 3.05) is 19.0 Å². The van der Waals surface area contributed by atoms with Gasteiger partial charge < -0.3 is 32.5 Å². The summed E-state index contributed by atoms with van der Waals surface area (Å²) in [6, 6.07) is 3.56. The summed E-state index contributed by atoms with van der Waals surface area (Å²) in [6.45, 7) is 0.571. The number of hydrogen-bond acceptors (Lipinski definition) is 7. The predicted molar refractivity (Wildman–Crippen MR) is 127 cm³/mol. The first kappa shape index (κ1) is 27.1. The predicted octanol–water partition coefficient (Wildman–Crippen LogP) is -0.832. The number of Topliss-reactive ketones (excluding diaryl/α,β-unsaturated/α-hetero) is 2. The molecule has 11 nitrogen and oxygen atoms in total. The van der Waals surface area contributed by atoms with Crippen molar-refractivity contribution < 1.29 is 24.3 Å². The van der Waals surface area contributed by atoms with Crippen LogP contribution in [0, 0.1) is 0 Å². The highest BCUT2D eigenvalue weighted by Gasteiger charge is 2.38. The summed E-state index contributed by atoms with van der Waals surface area (Å²) in [5, 5.41) is 12.0. The molecule has 2 amide bonds. The summed E-state index contributed by atoms with van der Waals surface area (Å²) in [5.41, 5.74) is 17.5. The smallest absolute Gasteiger partial charge is 0.243 e. The number of carbonyl (C=O) groups excluding carboxylic acids is 4. The number of guanidine groups is 1. The number of halogens is 1. The molecule has 1 aliphatic heterocycles. The summed E-state index contributed by atoms with van der Waals surface area (Å²) in [4.78, 5) is 55.5. The van der Waals surface area contributed by atoms with Gasteiger partial charge in [-0.15, -0.1) is 11.6 Å². The molecule has 0 spiro atoms. The van der Waals surface area contributed by atoms with Crippen molar-refractivity contribution in [2.45, 2.75) is 50.2 Å². The van der Waals surface area contributed by atoms with Gasteiger partial charge in [0.15, 0.2) is 5.96 Å². The number of ketones is 2. The molecule has 1 aromatic rings. The van der Waals surface area contributed by atoms with E-state index in [9.17, 15) is 24.3 Å². The van der Waals surface area contributed by atoms with Crippen LogP contribution in [0.4, 0.5) is 0 Å². The minimum absolute atomic E-state index is 0.104. The maximum Gasteiger partial charge on any atom is 0.243 e. The van der Waals surface area contributed by atoms with E-state index in [0.29, 0.717) is 25.8 Å². The highest BCUT2D eigenvalue weighted by molar-refractivity contribution is 6.48. The Balaban J connectivity index is 2.05. The van der Waals surface area contributed by atoms with E-state index in [2.05, 4.69) is 10.3 Å². The van der Waals surface area contributed by atoms with E-state index in [1.165, 1.54) is 17.0 Å². The number of benzene rings is 1. The minimum Gasteiger partial charge on any atom is -0.508 e. The number of amides is 2. The Morgan fingerprint density at radius 1 is 1.21 bits per heavy atom. The van der Waals surface area contributed by atoms with Gasteiger partial charge in [-0.3, -0.25) is 24.2 Å². The monoisotopic (exact) mass is 494 g/mol. The normalized spacial score (nSPS) is 17.0. The second kappa shape index (κ2) is 12.9. The SMILES string of the molecule is NC(N)=NCCCC(NC(=O)C1CCCN1C(=O)C(N)Cc1ccc(O)cc1)C(=O)C(=O)CCl. The van der Waals surface area contributed by atoms with Crippen LogP contribution in [-0.2, 0) is 25.6 Å². The zero-order valence-corrected chi connectivity index (χ0v) is 19.5. The number of phenols is 1. The minimum atomic E-state index is -1.10. The lowest BCUT2D eigenvalue weighted by Gasteiger charge is -2.28. The lowest BCUT2D eigenvalue weighted by atomic mass is 10.0. The second-order valence-corrected chi connectivity index (χ2v) is 8.37. The molecule has 1 saturated heterocycles. The molecular weight excluding hydrogens is 464 g/mol. The third-order valence-corrected chi connectivity index (χ3v) is 5.76. The second-order valence-electron chi connectivity index (χ2n) is 8.10. The van der Waals surface area contributed by atoms with Gasteiger partial charge in [0.1, 0.15) is 11.8 Å². The maximum atomic E-state index is 13.0. The number of nitrogens with two attached hydrogens (primary N) is 3. The zero-order chi connectivity index (χ0) is 25.3. The molecular formula is C22H31ClN6O5.